The van der Waals surface area contributed by atoms with Crippen LogP contribution in [0.4, 0.5) is 8.78 Å². The van der Waals surface area contributed by atoms with Crippen molar-refractivity contribution in [3.05, 3.63) is 71.2 Å². The molecule has 208 valence electrons. The molecular formula is C31H38F2N4O2. The van der Waals surface area contributed by atoms with E-state index in [0.717, 1.165) is 68.8 Å². The number of carboxylic acid groups (broad SMARTS) is 1. The summed E-state index contributed by atoms with van der Waals surface area (Å²) in [5.74, 6) is -0.0305. The number of hydrogen-bond donors (Lipinski definition) is 1. The van der Waals surface area contributed by atoms with Gasteiger partial charge in [0.25, 0.3) is 0 Å². The summed E-state index contributed by atoms with van der Waals surface area (Å²) in [7, 11) is 0. The first-order valence-corrected chi connectivity index (χ1v) is 14.4. The highest BCUT2D eigenvalue weighted by Gasteiger charge is 2.41. The largest absolute Gasteiger partial charge is 0.480 e. The molecule has 6 rings (SSSR count). The lowest BCUT2D eigenvalue weighted by Gasteiger charge is -2.35. The average molecular weight is 537 g/mol. The molecule has 0 amide bonds. The topological polar surface area (TPSA) is 61.1 Å². The predicted molar refractivity (Wildman–Crippen MR) is 146 cm³/mol. The summed E-state index contributed by atoms with van der Waals surface area (Å²) in [5, 5.41) is 10.1. The molecule has 3 atom stereocenters. The van der Waals surface area contributed by atoms with Gasteiger partial charge in [-0.1, -0.05) is 31.4 Å². The standard InChI is InChI=1S/C31H38F2N4O2/c1-20-12-30-34-15-29(37(30)19-27(20)33)22-8-10-35(11-9-22)16-24-17-36(28(31(38)39)13-21-4-2-5-21)18-26(24)23-6-3-7-25(32)14-23/h3,6-7,12,14-15,19,21-22,24,26,28H,2,4-5,8-11,13,16-18H2,1H3,(H,38,39)/t24-,26?,28?/m0/s1. The van der Waals surface area contributed by atoms with Gasteiger partial charge in [-0.15, -0.1) is 0 Å². The maximum atomic E-state index is 14.3. The van der Waals surface area contributed by atoms with E-state index in [1.165, 1.54) is 12.5 Å². The van der Waals surface area contributed by atoms with Gasteiger partial charge in [0, 0.05) is 49.6 Å². The highest BCUT2D eigenvalue weighted by Crippen LogP contribution is 2.39. The lowest BCUT2D eigenvalue weighted by molar-refractivity contribution is -0.144. The van der Waals surface area contributed by atoms with Crippen LogP contribution in [0.1, 0.15) is 67.2 Å². The Morgan fingerprint density at radius 2 is 1.92 bits per heavy atom. The first-order chi connectivity index (χ1) is 18.9. The number of carboxylic acids is 1. The van der Waals surface area contributed by atoms with Gasteiger partial charge in [0.05, 0.1) is 0 Å². The number of hydrogen-bond acceptors (Lipinski definition) is 4. The van der Waals surface area contributed by atoms with Gasteiger partial charge in [0.2, 0.25) is 0 Å². The SMILES string of the molecule is Cc1cc2ncc(C3CCN(C[C@H]4CN(C(CC5CCC5)C(=O)O)CC4c4cccc(F)c4)CC3)n2cc1F. The number of pyridine rings is 1. The second kappa shape index (κ2) is 11.0. The van der Waals surface area contributed by atoms with Crippen molar-refractivity contribution in [2.24, 2.45) is 11.8 Å². The van der Waals surface area contributed by atoms with Crippen molar-refractivity contribution in [3.8, 4) is 0 Å². The molecule has 1 aromatic carbocycles. The highest BCUT2D eigenvalue weighted by molar-refractivity contribution is 5.73. The van der Waals surface area contributed by atoms with Crippen molar-refractivity contribution >= 4 is 11.6 Å². The van der Waals surface area contributed by atoms with Gasteiger partial charge in [-0.25, -0.2) is 13.8 Å². The predicted octanol–water partition coefficient (Wildman–Crippen LogP) is 5.46. The van der Waals surface area contributed by atoms with Gasteiger partial charge in [0.15, 0.2) is 0 Å². The number of benzene rings is 1. The molecule has 2 unspecified atom stereocenters. The Labute approximate surface area is 228 Å². The number of nitrogens with zero attached hydrogens (tertiary/aromatic N) is 4. The van der Waals surface area contributed by atoms with Gasteiger partial charge in [0.1, 0.15) is 23.3 Å². The molecule has 8 heteroatoms. The van der Waals surface area contributed by atoms with Crippen LogP contribution in [0.3, 0.4) is 0 Å². The smallest absolute Gasteiger partial charge is 0.320 e. The van der Waals surface area contributed by atoms with E-state index in [9.17, 15) is 18.7 Å². The number of halogens is 2. The van der Waals surface area contributed by atoms with Gasteiger partial charge in [-0.05, 0) is 80.4 Å². The van der Waals surface area contributed by atoms with Crippen LogP contribution in [0.2, 0.25) is 0 Å². The molecule has 2 aromatic heterocycles. The lowest BCUT2D eigenvalue weighted by atomic mass is 9.80. The highest BCUT2D eigenvalue weighted by atomic mass is 19.1. The van der Waals surface area contributed by atoms with Gasteiger partial charge < -0.3 is 14.4 Å². The third-order valence-electron chi connectivity index (χ3n) is 9.57. The van der Waals surface area contributed by atoms with Gasteiger partial charge in [-0.2, -0.15) is 0 Å². The zero-order chi connectivity index (χ0) is 27.1. The van der Waals surface area contributed by atoms with Crippen LogP contribution in [-0.4, -0.2) is 69.0 Å². The molecule has 3 aliphatic rings. The summed E-state index contributed by atoms with van der Waals surface area (Å²) in [6, 6.07) is 8.17. The minimum absolute atomic E-state index is 0.103. The fourth-order valence-corrected chi connectivity index (χ4v) is 7.07. The number of rotatable bonds is 8. The average Bonchev–Trinajstić information content (AvgIpc) is 3.48. The third kappa shape index (κ3) is 5.46. The molecule has 39 heavy (non-hydrogen) atoms. The third-order valence-corrected chi connectivity index (χ3v) is 9.57. The minimum Gasteiger partial charge on any atom is -0.480 e. The van der Waals surface area contributed by atoms with Crippen molar-refractivity contribution < 1.29 is 18.7 Å². The number of imidazole rings is 1. The zero-order valence-corrected chi connectivity index (χ0v) is 22.6. The Morgan fingerprint density at radius 3 is 2.62 bits per heavy atom. The van der Waals surface area contributed by atoms with Crippen LogP contribution in [0, 0.1) is 30.4 Å². The number of likely N-dealkylation sites (tertiary alicyclic amines) is 2. The summed E-state index contributed by atoms with van der Waals surface area (Å²) < 4.78 is 30.4. The summed E-state index contributed by atoms with van der Waals surface area (Å²) in [5.41, 5.74) is 3.41. The van der Waals surface area contributed by atoms with E-state index in [-0.39, 0.29) is 23.5 Å². The van der Waals surface area contributed by atoms with Gasteiger partial charge >= 0.3 is 5.97 Å². The van der Waals surface area contributed by atoms with E-state index >= 15 is 0 Å². The monoisotopic (exact) mass is 536 g/mol. The first-order valence-electron chi connectivity index (χ1n) is 14.4. The van der Waals surface area contributed by atoms with E-state index in [1.807, 2.05) is 16.7 Å². The maximum absolute atomic E-state index is 14.3. The molecular weight excluding hydrogens is 498 g/mol. The molecule has 3 aromatic rings. The molecule has 0 spiro atoms. The van der Waals surface area contributed by atoms with E-state index in [2.05, 4.69) is 14.8 Å². The Hall–Kier alpha value is -2.84. The van der Waals surface area contributed by atoms with Gasteiger partial charge in [-0.3, -0.25) is 9.69 Å². The van der Waals surface area contributed by atoms with Crippen LogP contribution in [0.25, 0.3) is 5.65 Å². The van der Waals surface area contributed by atoms with Crippen molar-refractivity contribution in [1.82, 2.24) is 19.2 Å². The van der Waals surface area contributed by atoms with E-state index in [0.29, 0.717) is 30.4 Å². The fraction of sp³-hybridized carbons (Fsp3) is 0.548. The molecule has 2 saturated heterocycles. The number of aryl methyl sites for hydroxylation is 1. The van der Waals surface area contributed by atoms with Crippen molar-refractivity contribution in [2.75, 3.05) is 32.7 Å². The Morgan fingerprint density at radius 1 is 1.13 bits per heavy atom. The quantitative estimate of drug-likeness (QED) is 0.414. The van der Waals surface area contributed by atoms with Crippen molar-refractivity contribution in [2.45, 2.75) is 63.3 Å². The number of aliphatic carboxylic acids is 1. The normalized spacial score (nSPS) is 24.3. The number of aromatic nitrogens is 2. The summed E-state index contributed by atoms with van der Waals surface area (Å²) >= 11 is 0. The maximum Gasteiger partial charge on any atom is 0.320 e. The molecule has 1 saturated carbocycles. The Kier molecular flexibility index (Phi) is 7.42. The lowest BCUT2D eigenvalue weighted by Crippen LogP contribution is -2.43. The second-order valence-corrected chi connectivity index (χ2v) is 12.1. The number of piperidine rings is 1. The van der Waals surface area contributed by atoms with Crippen LogP contribution in [0.5, 0.6) is 0 Å². The minimum atomic E-state index is -0.735. The van der Waals surface area contributed by atoms with Crippen molar-refractivity contribution in [1.29, 1.82) is 0 Å². The first kappa shape index (κ1) is 26.4. The summed E-state index contributed by atoms with van der Waals surface area (Å²) in [6.07, 6.45) is 9.53. The van der Waals surface area contributed by atoms with Crippen LogP contribution >= 0.6 is 0 Å². The molecule has 6 nitrogen and oxygen atoms in total. The molecule has 4 heterocycles. The molecule has 1 aliphatic carbocycles. The summed E-state index contributed by atoms with van der Waals surface area (Å²) in [6.45, 7) is 5.83. The van der Waals surface area contributed by atoms with Crippen molar-refractivity contribution in [3.63, 3.8) is 0 Å². The molecule has 2 aliphatic heterocycles. The molecule has 1 N–H and O–H groups in total. The summed E-state index contributed by atoms with van der Waals surface area (Å²) in [4.78, 5) is 21.4. The van der Waals surface area contributed by atoms with E-state index < -0.39 is 12.0 Å². The van der Waals surface area contributed by atoms with Crippen LogP contribution in [-0.2, 0) is 4.79 Å². The van der Waals surface area contributed by atoms with Crippen LogP contribution in [0.15, 0.2) is 42.7 Å². The molecule has 0 bridgehead atoms. The molecule has 3 fully saturated rings. The number of carbonyl (C=O) groups is 1. The number of fused-ring (bicyclic) bond motifs is 1. The van der Waals surface area contributed by atoms with E-state index in [4.69, 9.17) is 0 Å². The van der Waals surface area contributed by atoms with Crippen LogP contribution < -0.4 is 0 Å². The zero-order valence-electron chi connectivity index (χ0n) is 22.6. The fourth-order valence-electron chi connectivity index (χ4n) is 7.07. The second-order valence-electron chi connectivity index (χ2n) is 12.1. The Balaban J connectivity index is 1.15. The van der Waals surface area contributed by atoms with E-state index in [1.54, 1.807) is 31.3 Å². The molecule has 0 radical (unpaired) electrons. The Bertz CT molecular complexity index is 1330.